The lowest BCUT2D eigenvalue weighted by Crippen LogP contribution is -2.45. The van der Waals surface area contributed by atoms with Crippen LogP contribution >= 0.6 is 0 Å². The second-order valence-corrected chi connectivity index (χ2v) is 7.12. The summed E-state index contributed by atoms with van der Waals surface area (Å²) in [5.74, 6) is 1.28. The third-order valence-electron chi connectivity index (χ3n) is 5.25. The minimum Gasteiger partial charge on any atom is -0.392 e. The summed E-state index contributed by atoms with van der Waals surface area (Å²) in [7, 11) is 0. The van der Waals surface area contributed by atoms with Crippen molar-refractivity contribution in [3.05, 3.63) is 0 Å². The van der Waals surface area contributed by atoms with Crippen molar-refractivity contribution in [1.29, 1.82) is 0 Å². The van der Waals surface area contributed by atoms with Crippen LogP contribution < -0.4 is 0 Å². The van der Waals surface area contributed by atoms with Gasteiger partial charge in [-0.1, -0.05) is 53.9 Å². The molecule has 1 aliphatic rings. The summed E-state index contributed by atoms with van der Waals surface area (Å²) < 4.78 is 0. The van der Waals surface area contributed by atoms with Crippen LogP contribution in [0.15, 0.2) is 0 Å². The van der Waals surface area contributed by atoms with Crippen LogP contribution in [0.25, 0.3) is 0 Å². The highest BCUT2D eigenvalue weighted by atomic mass is 16.3. The Kier molecular flexibility index (Phi) is 6.82. The van der Waals surface area contributed by atoms with Gasteiger partial charge in [0.15, 0.2) is 0 Å². The SMILES string of the molecule is CCC(CC)CN(CC)CC1CCCC(C)(C)C1O. The van der Waals surface area contributed by atoms with E-state index < -0.39 is 0 Å². The monoisotopic (exact) mass is 269 g/mol. The van der Waals surface area contributed by atoms with Gasteiger partial charge in [0.2, 0.25) is 0 Å². The van der Waals surface area contributed by atoms with Gasteiger partial charge < -0.3 is 10.0 Å². The van der Waals surface area contributed by atoms with E-state index in [-0.39, 0.29) is 11.5 Å². The molecule has 0 aromatic rings. The van der Waals surface area contributed by atoms with Crippen molar-refractivity contribution in [2.24, 2.45) is 17.3 Å². The van der Waals surface area contributed by atoms with E-state index >= 15 is 0 Å². The summed E-state index contributed by atoms with van der Waals surface area (Å²) >= 11 is 0. The predicted octanol–water partition coefficient (Wildman–Crippen LogP) is 3.93. The molecule has 0 aromatic carbocycles. The third-order valence-corrected chi connectivity index (χ3v) is 5.25. The molecule has 1 rings (SSSR count). The molecule has 0 aliphatic heterocycles. The molecule has 1 saturated carbocycles. The number of hydrogen-bond donors (Lipinski definition) is 1. The first-order valence-corrected chi connectivity index (χ1v) is 8.35. The van der Waals surface area contributed by atoms with E-state index in [1.54, 1.807) is 0 Å². The molecule has 0 saturated heterocycles. The van der Waals surface area contributed by atoms with E-state index in [2.05, 4.69) is 39.5 Å². The Bertz CT molecular complexity index is 248. The quantitative estimate of drug-likeness (QED) is 0.757. The fourth-order valence-electron chi connectivity index (χ4n) is 3.53. The van der Waals surface area contributed by atoms with Gasteiger partial charge in [-0.05, 0) is 36.6 Å². The normalized spacial score (nSPS) is 27.2. The first-order chi connectivity index (χ1) is 8.94. The number of rotatable bonds is 7. The Morgan fingerprint density at radius 3 is 2.37 bits per heavy atom. The second-order valence-electron chi connectivity index (χ2n) is 7.12. The van der Waals surface area contributed by atoms with Crippen molar-refractivity contribution < 1.29 is 5.11 Å². The van der Waals surface area contributed by atoms with Crippen molar-refractivity contribution in [2.45, 2.75) is 72.8 Å². The van der Waals surface area contributed by atoms with Gasteiger partial charge in [0.1, 0.15) is 0 Å². The molecular formula is C17H35NO. The topological polar surface area (TPSA) is 23.5 Å². The van der Waals surface area contributed by atoms with Crippen molar-refractivity contribution in [3.8, 4) is 0 Å². The molecule has 0 heterocycles. The Labute approximate surface area is 120 Å². The smallest absolute Gasteiger partial charge is 0.0631 e. The summed E-state index contributed by atoms with van der Waals surface area (Å²) in [6, 6.07) is 0. The highest BCUT2D eigenvalue weighted by Crippen LogP contribution is 2.39. The Hall–Kier alpha value is -0.0800. The second kappa shape index (κ2) is 7.64. The van der Waals surface area contributed by atoms with Gasteiger partial charge in [-0.15, -0.1) is 0 Å². The van der Waals surface area contributed by atoms with Crippen LogP contribution in [0, 0.1) is 17.3 Å². The summed E-state index contributed by atoms with van der Waals surface area (Å²) in [6.45, 7) is 14.7. The molecule has 1 fully saturated rings. The number of aliphatic hydroxyl groups is 1. The average molecular weight is 269 g/mol. The maximum atomic E-state index is 10.6. The van der Waals surface area contributed by atoms with Crippen molar-refractivity contribution >= 4 is 0 Å². The zero-order valence-corrected chi connectivity index (χ0v) is 13.8. The lowest BCUT2D eigenvalue weighted by molar-refractivity contribution is -0.0437. The number of aliphatic hydroxyl groups excluding tert-OH is 1. The van der Waals surface area contributed by atoms with Gasteiger partial charge in [-0.25, -0.2) is 0 Å². The summed E-state index contributed by atoms with van der Waals surface area (Å²) in [5.41, 5.74) is 0.108. The minimum absolute atomic E-state index is 0.108. The van der Waals surface area contributed by atoms with E-state index in [1.165, 1.54) is 38.6 Å². The maximum absolute atomic E-state index is 10.6. The minimum atomic E-state index is -0.128. The molecule has 114 valence electrons. The number of hydrogen-bond acceptors (Lipinski definition) is 2. The van der Waals surface area contributed by atoms with Crippen molar-refractivity contribution in [2.75, 3.05) is 19.6 Å². The average Bonchev–Trinajstić information content (AvgIpc) is 2.39. The van der Waals surface area contributed by atoms with Gasteiger partial charge in [0, 0.05) is 13.1 Å². The standard InChI is InChI=1S/C17H35NO/c1-6-14(7-2)12-18(8-3)13-15-10-9-11-17(4,5)16(15)19/h14-16,19H,6-13H2,1-5H3. The lowest BCUT2D eigenvalue weighted by atomic mass is 9.69. The van der Waals surface area contributed by atoms with E-state index in [1.807, 2.05) is 0 Å². The highest BCUT2D eigenvalue weighted by molar-refractivity contribution is 4.89. The van der Waals surface area contributed by atoms with Crippen LogP contribution in [-0.2, 0) is 0 Å². The largest absolute Gasteiger partial charge is 0.392 e. The molecular weight excluding hydrogens is 234 g/mol. The summed E-state index contributed by atoms with van der Waals surface area (Å²) in [5, 5.41) is 10.6. The van der Waals surface area contributed by atoms with Crippen LogP contribution in [0.2, 0.25) is 0 Å². The molecule has 1 N–H and O–H groups in total. The third kappa shape index (κ3) is 4.75. The molecule has 2 atom stereocenters. The van der Waals surface area contributed by atoms with Crippen molar-refractivity contribution in [3.63, 3.8) is 0 Å². The molecule has 19 heavy (non-hydrogen) atoms. The fourth-order valence-corrected chi connectivity index (χ4v) is 3.53. The Morgan fingerprint density at radius 1 is 1.21 bits per heavy atom. The molecule has 0 amide bonds. The highest BCUT2D eigenvalue weighted by Gasteiger charge is 2.38. The first-order valence-electron chi connectivity index (χ1n) is 8.35. The molecule has 2 unspecified atom stereocenters. The van der Waals surface area contributed by atoms with Crippen LogP contribution in [0.4, 0.5) is 0 Å². The van der Waals surface area contributed by atoms with Gasteiger partial charge in [-0.3, -0.25) is 0 Å². The van der Waals surface area contributed by atoms with Gasteiger partial charge in [0.25, 0.3) is 0 Å². The molecule has 2 nitrogen and oxygen atoms in total. The molecule has 2 heteroatoms. The molecule has 0 aromatic heterocycles. The summed E-state index contributed by atoms with van der Waals surface area (Å²) in [4.78, 5) is 2.56. The molecule has 0 spiro atoms. The Morgan fingerprint density at radius 2 is 1.84 bits per heavy atom. The van der Waals surface area contributed by atoms with Crippen LogP contribution in [-0.4, -0.2) is 35.7 Å². The molecule has 0 radical (unpaired) electrons. The molecule has 0 bridgehead atoms. The van der Waals surface area contributed by atoms with Gasteiger partial charge >= 0.3 is 0 Å². The lowest BCUT2D eigenvalue weighted by Gasteiger charge is -2.42. The molecule has 1 aliphatic carbocycles. The Balaban J connectivity index is 2.55. The van der Waals surface area contributed by atoms with E-state index in [0.717, 1.165) is 19.0 Å². The van der Waals surface area contributed by atoms with Crippen LogP contribution in [0.1, 0.15) is 66.7 Å². The van der Waals surface area contributed by atoms with E-state index in [0.29, 0.717) is 5.92 Å². The zero-order chi connectivity index (χ0) is 14.5. The summed E-state index contributed by atoms with van der Waals surface area (Å²) in [6.07, 6.45) is 6.05. The van der Waals surface area contributed by atoms with Crippen molar-refractivity contribution in [1.82, 2.24) is 4.90 Å². The predicted molar refractivity (Wildman–Crippen MR) is 83.3 cm³/mol. The fraction of sp³-hybridized carbons (Fsp3) is 1.00. The maximum Gasteiger partial charge on any atom is 0.0631 e. The van der Waals surface area contributed by atoms with Crippen LogP contribution in [0.5, 0.6) is 0 Å². The van der Waals surface area contributed by atoms with E-state index in [9.17, 15) is 5.11 Å². The van der Waals surface area contributed by atoms with Gasteiger partial charge in [-0.2, -0.15) is 0 Å². The first kappa shape index (κ1) is 17.0. The number of nitrogens with zero attached hydrogens (tertiary/aromatic N) is 1. The zero-order valence-electron chi connectivity index (χ0n) is 13.8. The van der Waals surface area contributed by atoms with Gasteiger partial charge in [0.05, 0.1) is 6.10 Å². The van der Waals surface area contributed by atoms with E-state index in [4.69, 9.17) is 0 Å². The van der Waals surface area contributed by atoms with Crippen LogP contribution in [0.3, 0.4) is 0 Å².